The van der Waals surface area contributed by atoms with Crippen LogP contribution in [0.25, 0.3) is 5.69 Å². The number of rotatable bonds is 1. The molecule has 0 bridgehead atoms. The van der Waals surface area contributed by atoms with E-state index < -0.39 is 0 Å². The second-order valence-corrected chi connectivity index (χ2v) is 2.89. The molecule has 0 spiro atoms. The van der Waals surface area contributed by atoms with E-state index in [1.54, 1.807) is 12.3 Å². The Balaban J connectivity index is 2.59. The summed E-state index contributed by atoms with van der Waals surface area (Å²) in [5, 5.41) is 13.4. The van der Waals surface area contributed by atoms with Crippen LogP contribution in [0.15, 0.2) is 36.5 Å². The standard InChI is InChI=1S/C10H10N2O/c1-8-4-2-3-5-9(8)12-10(13)6-7-11-12/h2-7,13H,1H3. The number of nitrogens with zero attached hydrogens (tertiary/aromatic N) is 2. The summed E-state index contributed by atoms with van der Waals surface area (Å²) in [6.45, 7) is 1.98. The van der Waals surface area contributed by atoms with Gasteiger partial charge in [-0.1, -0.05) is 18.2 Å². The summed E-state index contributed by atoms with van der Waals surface area (Å²) in [6.07, 6.45) is 1.57. The second-order valence-electron chi connectivity index (χ2n) is 2.89. The highest BCUT2D eigenvalue weighted by Gasteiger charge is 2.03. The number of hydrogen-bond donors (Lipinski definition) is 1. The fourth-order valence-corrected chi connectivity index (χ4v) is 1.28. The van der Waals surface area contributed by atoms with Crippen LogP contribution in [0.3, 0.4) is 0 Å². The molecule has 3 nitrogen and oxygen atoms in total. The van der Waals surface area contributed by atoms with E-state index in [1.807, 2.05) is 31.2 Å². The average molecular weight is 174 g/mol. The first-order valence-electron chi connectivity index (χ1n) is 4.08. The van der Waals surface area contributed by atoms with E-state index >= 15 is 0 Å². The molecule has 0 amide bonds. The lowest BCUT2D eigenvalue weighted by Crippen LogP contribution is -1.97. The molecule has 0 radical (unpaired) electrons. The number of para-hydroxylation sites is 1. The van der Waals surface area contributed by atoms with Gasteiger partial charge in [0.25, 0.3) is 0 Å². The largest absolute Gasteiger partial charge is 0.493 e. The Hall–Kier alpha value is -1.77. The van der Waals surface area contributed by atoms with Crippen LogP contribution in [0, 0.1) is 6.92 Å². The van der Waals surface area contributed by atoms with Crippen molar-refractivity contribution >= 4 is 0 Å². The molecular formula is C10H10N2O. The van der Waals surface area contributed by atoms with Crippen molar-refractivity contribution in [3.05, 3.63) is 42.1 Å². The third-order valence-corrected chi connectivity index (χ3v) is 1.97. The van der Waals surface area contributed by atoms with E-state index in [-0.39, 0.29) is 5.88 Å². The third-order valence-electron chi connectivity index (χ3n) is 1.97. The average Bonchev–Trinajstić information content (AvgIpc) is 2.52. The van der Waals surface area contributed by atoms with Crippen LogP contribution in [0.1, 0.15) is 5.56 Å². The van der Waals surface area contributed by atoms with Gasteiger partial charge in [-0.25, -0.2) is 4.68 Å². The molecular weight excluding hydrogens is 164 g/mol. The topological polar surface area (TPSA) is 38.0 Å². The number of aromatic hydroxyl groups is 1. The molecule has 66 valence electrons. The monoisotopic (exact) mass is 174 g/mol. The van der Waals surface area contributed by atoms with Gasteiger partial charge in [-0.05, 0) is 18.6 Å². The smallest absolute Gasteiger partial charge is 0.214 e. The Bertz CT molecular complexity index is 420. The van der Waals surface area contributed by atoms with Crippen molar-refractivity contribution < 1.29 is 5.11 Å². The fourth-order valence-electron chi connectivity index (χ4n) is 1.28. The van der Waals surface area contributed by atoms with Gasteiger partial charge in [-0.15, -0.1) is 0 Å². The first kappa shape index (κ1) is 7.86. The van der Waals surface area contributed by atoms with E-state index in [0.29, 0.717) is 0 Å². The molecule has 0 unspecified atom stereocenters. The Morgan fingerprint density at radius 2 is 2.00 bits per heavy atom. The lowest BCUT2D eigenvalue weighted by molar-refractivity contribution is 0.433. The zero-order valence-corrected chi connectivity index (χ0v) is 7.31. The highest BCUT2D eigenvalue weighted by molar-refractivity contribution is 5.41. The lowest BCUT2D eigenvalue weighted by atomic mass is 10.2. The number of hydrogen-bond acceptors (Lipinski definition) is 2. The molecule has 0 aliphatic carbocycles. The van der Waals surface area contributed by atoms with Crippen LogP contribution in [-0.4, -0.2) is 14.9 Å². The summed E-state index contributed by atoms with van der Waals surface area (Å²) in [5.41, 5.74) is 1.99. The van der Waals surface area contributed by atoms with Gasteiger partial charge < -0.3 is 5.11 Å². The van der Waals surface area contributed by atoms with Gasteiger partial charge >= 0.3 is 0 Å². The van der Waals surface area contributed by atoms with Crippen LogP contribution in [0.4, 0.5) is 0 Å². The van der Waals surface area contributed by atoms with Crippen LogP contribution in [0.2, 0.25) is 0 Å². The minimum Gasteiger partial charge on any atom is -0.493 e. The molecule has 2 aromatic rings. The van der Waals surface area contributed by atoms with E-state index in [1.165, 1.54) is 4.68 Å². The Morgan fingerprint density at radius 1 is 1.23 bits per heavy atom. The van der Waals surface area contributed by atoms with E-state index in [2.05, 4.69) is 5.10 Å². The molecule has 0 aliphatic rings. The highest BCUT2D eigenvalue weighted by Crippen LogP contribution is 2.17. The molecule has 0 saturated carbocycles. The Morgan fingerprint density at radius 3 is 2.62 bits per heavy atom. The summed E-state index contributed by atoms with van der Waals surface area (Å²) in [5.74, 6) is 0.161. The molecule has 3 heteroatoms. The Labute approximate surface area is 76.3 Å². The van der Waals surface area contributed by atoms with Crippen molar-refractivity contribution in [2.75, 3.05) is 0 Å². The van der Waals surface area contributed by atoms with Crippen LogP contribution < -0.4 is 0 Å². The summed E-state index contributed by atoms with van der Waals surface area (Å²) in [6, 6.07) is 9.34. The van der Waals surface area contributed by atoms with Crippen molar-refractivity contribution in [3.63, 3.8) is 0 Å². The molecule has 1 heterocycles. The van der Waals surface area contributed by atoms with Crippen molar-refractivity contribution in [2.24, 2.45) is 0 Å². The predicted molar refractivity (Wildman–Crippen MR) is 50.0 cm³/mol. The highest BCUT2D eigenvalue weighted by atomic mass is 16.3. The van der Waals surface area contributed by atoms with Gasteiger partial charge in [0, 0.05) is 6.07 Å². The molecule has 2 rings (SSSR count). The van der Waals surface area contributed by atoms with E-state index in [0.717, 1.165) is 11.3 Å². The summed E-state index contributed by atoms with van der Waals surface area (Å²) in [7, 11) is 0. The normalized spacial score (nSPS) is 10.2. The van der Waals surface area contributed by atoms with Gasteiger partial charge in [0.1, 0.15) is 0 Å². The summed E-state index contributed by atoms with van der Waals surface area (Å²) < 4.78 is 1.51. The lowest BCUT2D eigenvalue weighted by Gasteiger charge is -2.05. The maximum atomic E-state index is 9.43. The van der Waals surface area contributed by atoms with Crippen molar-refractivity contribution in [1.29, 1.82) is 0 Å². The minimum absolute atomic E-state index is 0.161. The molecule has 1 N–H and O–H groups in total. The zero-order chi connectivity index (χ0) is 9.26. The second kappa shape index (κ2) is 2.94. The predicted octanol–water partition coefficient (Wildman–Crippen LogP) is 1.89. The SMILES string of the molecule is Cc1ccccc1-n1nccc1O. The molecule has 0 fully saturated rings. The summed E-state index contributed by atoms with van der Waals surface area (Å²) >= 11 is 0. The quantitative estimate of drug-likeness (QED) is 0.716. The van der Waals surface area contributed by atoms with E-state index in [4.69, 9.17) is 0 Å². The number of benzene rings is 1. The molecule has 13 heavy (non-hydrogen) atoms. The van der Waals surface area contributed by atoms with E-state index in [9.17, 15) is 5.11 Å². The molecule has 1 aromatic heterocycles. The van der Waals surface area contributed by atoms with Gasteiger partial charge in [0.05, 0.1) is 11.9 Å². The minimum atomic E-state index is 0.161. The molecule has 0 atom stereocenters. The first-order chi connectivity index (χ1) is 6.29. The third kappa shape index (κ3) is 1.28. The first-order valence-corrected chi connectivity index (χ1v) is 4.08. The van der Waals surface area contributed by atoms with Crippen molar-refractivity contribution in [1.82, 2.24) is 9.78 Å². The maximum absolute atomic E-state index is 9.43. The Kier molecular flexibility index (Phi) is 1.77. The van der Waals surface area contributed by atoms with Crippen LogP contribution in [0.5, 0.6) is 5.88 Å². The van der Waals surface area contributed by atoms with Gasteiger partial charge in [-0.3, -0.25) is 0 Å². The van der Waals surface area contributed by atoms with Crippen LogP contribution >= 0.6 is 0 Å². The van der Waals surface area contributed by atoms with Gasteiger partial charge in [0.15, 0.2) is 0 Å². The van der Waals surface area contributed by atoms with Crippen molar-refractivity contribution in [2.45, 2.75) is 6.92 Å². The summed E-state index contributed by atoms with van der Waals surface area (Å²) in [4.78, 5) is 0. The van der Waals surface area contributed by atoms with Gasteiger partial charge in [-0.2, -0.15) is 5.10 Å². The zero-order valence-electron chi connectivity index (χ0n) is 7.31. The van der Waals surface area contributed by atoms with Crippen LogP contribution in [-0.2, 0) is 0 Å². The maximum Gasteiger partial charge on any atom is 0.214 e. The molecule has 0 aliphatic heterocycles. The molecule has 1 aromatic carbocycles. The number of aryl methyl sites for hydroxylation is 1. The fraction of sp³-hybridized carbons (Fsp3) is 0.100. The van der Waals surface area contributed by atoms with Gasteiger partial charge in [0.2, 0.25) is 5.88 Å². The molecule has 0 saturated heterocycles. The number of aromatic nitrogens is 2. The van der Waals surface area contributed by atoms with Crippen molar-refractivity contribution in [3.8, 4) is 11.6 Å².